The minimum atomic E-state index is -3.81. The molecule has 0 radical (unpaired) electrons. The van der Waals surface area contributed by atoms with Gasteiger partial charge in [0.2, 0.25) is 0 Å². The average Bonchev–Trinajstić information content (AvgIpc) is 2.75. The highest BCUT2D eigenvalue weighted by atomic mass is 32.2. The van der Waals surface area contributed by atoms with Crippen molar-refractivity contribution >= 4 is 21.5 Å². The number of aromatic nitrogens is 2. The van der Waals surface area contributed by atoms with E-state index in [2.05, 4.69) is 26.7 Å². The Morgan fingerprint density at radius 3 is 2.40 bits per heavy atom. The van der Waals surface area contributed by atoms with Crippen LogP contribution < -0.4 is 9.62 Å². The zero-order valence-corrected chi connectivity index (χ0v) is 17.4. The molecule has 3 aromatic rings. The number of nitrogens with one attached hydrogen (secondary N) is 1. The largest absolute Gasteiger partial charge is 0.355 e. The maximum Gasteiger partial charge on any atom is 0.261 e. The van der Waals surface area contributed by atoms with Gasteiger partial charge < -0.3 is 4.90 Å². The summed E-state index contributed by atoms with van der Waals surface area (Å²) in [5, 5.41) is 8.70. The fourth-order valence-electron chi connectivity index (χ4n) is 3.46. The number of hydrogen-bond acceptors (Lipinski definition) is 5. The number of nitrogens with zero attached hydrogens (tertiary/aromatic N) is 3. The summed E-state index contributed by atoms with van der Waals surface area (Å²) >= 11 is 0. The van der Waals surface area contributed by atoms with Gasteiger partial charge in [-0.15, -0.1) is 10.2 Å². The minimum Gasteiger partial charge on any atom is -0.355 e. The first kappa shape index (κ1) is 20.3. The summed E-state index contributed by atoms with van der Waals surface area (Å²) in [6.45, 7) is 4.23. The third-order valence-corrected chi connectivity index (χ3v) is 6.69. The van der Waals surface area contributed by atoms with Crippen molar-refractivity contribution in [3.63, 3.8) is 0 Å². The highest BCUT2D eigenvalue weighted by Crippen LogP contribution is 2.25. The molecular formula is C22H23FN4O2S. The molecule has 6 nitrogen and oxygen atoms in total. The van der Waals surface area contributed by atoms with Crippen LogP contribution in [0.1, 0.15) is 19.8 Å². The normalized spacial score (nSPS) is 15.2. The van der Waals surface area contributed by atoms with E-state index in [-0.39, 0.29) is 4.90 Å². The number of halogens is 1. The molecule has 0 saturated carbocycles. The van der Waals surface area contributed by atoms with Gasteiger partial charge in [0.05, 0.1) is 10.6 Å². The molecule has 8 heteroatoms. The van der Waals surface area contributed by atoms with Gasteiger partial charge in [-0.25, -0.2) is 12.8 Å². The topological polar surface area (TPSA) is 75.2 Å². The number of hydrogen-bond donors (Lipinski definition) is 1. The Kier molecular flexibility index (Phi) is 5.67. The highest BCUT2D eigenvalue weighted by molar-refractivity contribution is 7.92. The molecule has 1 N–H and O–H groups in total. The number of rotatable bonds is 5. The second-order valence-electron chi connectivity index (χ2n) is 7.59. The van der Waals surface area contributed by atoms with E-state index in [1.165, 1.54) is 12.1 Å². The summed E-state index contributed by atoms with van der Waals surface area (Å²) in [5.41, 5.74) is 1.81. The minimum absolute atomic E-state index is 0.00528. The Morgan fingerprint density at radius 2 is 1.73 bits per heavy atom. The summed E-state index contributed by atoms with van der Waals surface area (Å²) in [5.74, 6) is 1.12. The molecule has 1 aliphatic heterocycles. The van der Waals surface area contributed by atoms with Crippen LogP contribution in [-0.2, 0) is 10.0 Å². The van der Waals surface area contributed by atoms with Gasteiger partial charge in [-0.2, -0.15) is 0 Å². The smallest absolute Gasteiger partial charge is 0.261 e. The van der Waals surface area contributed by atoms with E-state index >= 15 is 0 Å². The van der Waals surface area contributed by atoms with E-state index in [9.17, 15) is 12.8 Å². The van der Waals surface area contributed by atoms with Crippen molar-refractivity contribution in [1.29, 1.82) is 0 Å². The lowest BCUT2D eigenvalue weighted by molar-refractivity contribution is 0.436. The summed E-state index contributed by atoms with van der Waals surface area (Å²) in [6, 6.07) is 15.5. The summed E-state index contributed by atoms with van der Waals surface area (Å²) in [7, 11) is -3.81. The number of anilines is 2. The van der Waals surface area contributed by atoms with Crippen molar-refractivity contribution in [2.45, 2.75) is 24.7 Å². The molecule has 1 saturated heterocycles. The van der Waals surface area contributed by atoms with E-state index in [1.54, 1.807) is 18.2 Å². The standard InChI is InChI=1S/C22H23FN4O2S/c1-16-11-13-27(14-12-16)22-10-9-21(24-25-22)17-3-2-4-19(15-17)26-30(28,29)20-7-5-18(23)6-8-20/h2-10,15-16,26H,11-14H2,1H3. The lowest BCUT2D eigenvalue weighted by Gasteiger charge is -2.30. The molecule has 4 rings (SSSR count). The molecule has 0 bridgehead atoms. The van der Waals surface area contributed by atoms with Gasteiger partial charge in [0.1, 0.15) is 5.82 Å². The second-order valence-corrected chi connectivity index (χ2v) is 9.27. The SMILES string of the molecule is CC1CCN(c2ccc(-c3cccc(NS(=O)(=O)c4ccc(F)cc4)c3)nn2)CC1. The Labute approximate surface area is 175 Å². The number of benzene rings is 2. The molecule has 1 fully saturated rings. The molecule has 2 heterocycles. The van der Waals surface area contributed by atoms with Crippen LogP contribution in [0.4, 0.5) is 15.9 Å². The van der Waals surface area contributed by atoms with E-state index in [4.69, 9.17) is 0 Å². The lowest BCUT2D eigenvalue weighted by atomic mass is 9.99. The quantitative estimate of drug-likeness (QED) is 0.658. The van der Waals surface area contributed by atoms with Crippen LogP contribution in [0.3, 0.4) is 0 Å². The molecule has 156 valence electrons. The van der Waals surface area contributed by atoms with Gasteiger partial charge in [-0.1, -0.05) is 19.1 Å². The Balaban J connectivity index is 1.51. The number of sulfonamides is 1. The third kappa shape index (κ3) is 4.59. The fraction of sp³-hybridized carbons (Fsp3) is 0.273. The third-order valence-electron chi connectivity index (χ3n) is 5.29. The summed E-state index contributed by atoms with van der Waals surface area (Å²) < 4.78 is 40.7. The van der Waals surface area contributed by atoms with E-state index in [1.807, 2.05) is 18.2 Å². The van der Waals surface area contributed by atoms with Crippen molar-refractivity contribution in [1.82, 2.24) is 10.2 Å². The predicted molar refractivity (Wildman–Crippen MR) is 115 cm³/mol. The van der Waals surface area contributed by atoms with Crippen LogP contribution >= 0.6 is 0 Å². The maximum atomic E-state index is 13.1. The molecule has 0 unspecified atom stereocenters. The van der Waals surface area contributed by atoms with Crippen LogP contribution in [0, 0.1) is 11.7 Å². The summed E-state index contributed by atoms with van der Waals surface area (Å²) in [4.78, 5) is 2.23. The molecule has 0 aliphatic carbocycles. The van der Waals surface area contributed by atoms with E-state index in [0.29, 0.717) is 11.4 Å². The zero-order chi connectivity index (χ0) is 21.1. The van der Waals surface area contributed by atoms with Crippen molar-refractivity contribution in [3.8, 4) is 11.3 Å². The van der Waals surface area contributed by atoms with Crippen LogP contribution in [0.2, 0.25) is 0 Å². The van der Waals surface area contributed by atoms with Gasteiger partial charge >= 0.3 is 0 Å². The second kappa shape index (κ2) is 8.39. The Morgan fingerprint density at radius 1 is 1.00 bits per heavy atom. The van der Waals surface area contributed by atoms with Crippen molar-refractivity contribution < 1.29 is 12.8 Å². The summed E-state index contributed by atoms with van der Waals surface area (Å²) in [6.07, 6.45) is 2.30. The van der Waals surface area contributed by atoms with Crippen LogP contribution in [-0.4, -0.2) is 31.7 Å². The van der Waals surface area contributed by atoms with Gasteiger partial charge in [-0.3, -0.25) is 4.72 Å². The molecule has 1 aromatic heterocycles. The van der Waals surface area contributed by atoms with Gasteiger partial charge in [0.15, 0.2) is 5.82 Å². The molecular weight excluding hydrogens is 403 g/mol. The molecule has 0 spiro atoms. The van der Waals surface area contributed by atoms with Crippen LogP contribution in [0.5, 0.6) is 0 Å². The van der Waals surface area contributed by atoms with E-state index < -0.39 is 15.8 Å². The molecule has 2 aromatic carbocycles. The maximum absolute atomic E-state index is 13.1. The molecule has 0 amide bonds. The monoisotopic (exact) mass is 426 g/mol. The van der Waals surface area contributed by atoms with Gasteiger partial charge in [0.25, 0.3) is 10.0 Å². The fourth-order valence-corrected chi connectivity index (χ4v) is 4.50. The highest BCUT2D eigenvalue weighted by Gasteiger charge is 2.18. The first-order valence-corrected chi connectivity index (χ1v) is 11.4. The molecule has 0 atom stereocenters. The number of piperidine rings is 1. The van der Waals surface area contributed by atoms with Gasteiger partial charge in [0, 0.05) is 24.3 Å². The van der Waals surface area contributed by atoms with Crippen molar-refractivity contribution in [2.24, 2.45) is 5.92 Å². The van der Waals surface area contributed by atoms with E-state index in [0.717, 1.165) is 55.4 Å². The first-order chi connectivity index (χ1) is 14.4. The Bertz CT molecular complexity index is 1110. The average molecular weight is 427 g/mol. The van der Waals surface area contributed by atoms with Crippen LogP contribution in [0.15, 0.2) is 65.6 Å². The first-order valence-electron chi connectivity index (χ1n) is 9.88. The molecule has 30 heavy (non-hydrogen) atoms. The van der Waals surface area contributed by atoms with Crippen molar-refractivity contribution in [2.75, 3.05) is 22.7 Å². The zero-order valence-electron chi connectivity index (χ0n) is 16.6. The Hall–Kier alpha value is -3.00. The predicted octanol–water partition coefficient (Wildman–Crippen LogP) is 4.32. The lowest BCUT2D eigenvalue weighted by Crippen LogP contribution is -2.33. The van der Waals surface area contributed by atoms with Crippen molar-refractivity contribution in [3.05, 3.63) is 66.5 Å². The molecule has 1 aliphatic rings. The van der Waals surface area contributed by atoms with Gasteiger partial charge in [-0.05, 0) is 67.3 Å². The van der Waals surface area contributed by atoms with Crippen LogP contribution in [0.25, 0.3) is 11.3 Å².